The average molecular weight is 575 g/mol. The number of amides is 3. The number of nitrogens with one attached hydrogen (secondary N) is 2. The number of fused-ring (bicyclic) bond motifs is 1. The smallest absolute Gasteiger partial charge is 0.246 e. The van der Waals surface area contributed by atoms with Crippen molar-refractivity contribution in [3.05, 3.63) is 40.4 Å². The van der Waals surface area contributed by atoms with Gasteiger partial charge in [-0.15, -0.1) is 0 Å². The van der Waals surface area contributed by atoms with Gasteiger partial charge < -0.3 is 20.3 Å². The van der Waals surface area contributed by atoms with Crippen molar-refractivity contribution in [2.45, 2.75) is 95.0 Å². The van der Waals surface area contributed by atoms with E-state index in [1.54, 1.807) is 18.2 Å². The van der Waals surface area contributed by atoms with E-state index < -0.39 is 29.6 Å². The lowest BCUT2D eigenvalue weighted by Gasteiger charge is -2.44. The van der Waals surface area contributed by atoms with Crippen LogP contribution in [0.3, 0.4) is 0 Å². The number of anilines is 1. The fourth-order valence-corrected chi connectivity index (χ4v) is 8.13. The van der Waals surface area contributed by atoms with Crippen LogP contribution >= 0.6 is 23.2 Å². The first-order chi connectivity index (χ1) is 18.7. The van der Waals surface area contributed by atoms with Crippen LogP contribution in [0.4, 0.5) is 5.69 Å². The van der Waals surface area contributed by atoms with Crippen LogP contribution in [0.25, 0.3) is 0 Å². The highest BCUT2D eigenvalue weighted by Gasteiger charge is 2.73. The minimum atomic E-state index is -1.15. The van der Waals surface area contributed by atoms with Crippen LogP contribution in [-0.4, -0.2) is 52.5 Å². The van der Waals surface area contributed by atoms with E-state index in [1.165, 1.54) is 6.42 Å². The van der Waals surface area contributed by atoms with Crippen LogP contribution in [0.2, 0.25) is 10.0 Å². The van der Waals surface area contributed by atoms with Gasteiger partial charge in [0.1, 0.15) is 11.6 Å². The van der Waals surface area contributed by atoms with E-state index in [4.69, 9.17) is 27.9 Å². The number of hydrogen-bond donors (Lipinski definition) is 2. The second-order valence-electron chi connectivity index (χ2n) is 12.2. The molecule has 1 aromatic rings. The SMILES string of the molecule is C[C@H]1[C@H](C)CCC[C@@H]1N1C(=O)[C@@H]2[C@H](C(=O)Nc3ccc(Cl)c(Cl)c3)[C@@H]3C=C[C@@]2(O3)[C@@H]1C(=O)NC1CCCCC1. The molecule has 210 valence electrons. The molecule has 7 nitrogen and oxygen atoms in total. The predicted molar refractivity (Wildman–Crippen MR) is 150 cm³/mol. The number of carbonyl (C=O) groups excluding carboxylic acids is 3. The summed E-state index contributed by atoms with van der Waals surface area (Å²) in [4.78, 5) is 44.1. The molecule has 1 spiro atoms. The van der Waals surface area contributed by atoms with Gasteiger partial charge in [0.05, 0.1) is 28.0 Å². The van der Waals surface area contributed by atoms with Gasteiger partial charge in [0.25, 0.3) is 0 Å². The van der Waals surface area contributed by atoms with Crippen LogP contribution < -0.4 is 10.6 Å². The summed E-state index contributed by atoms with van der Waals surface area (Å²) in [6.07, 6.45) is 11.4. The number of likely N-dealkylation sites (tertiary alicyclic amines) is 1. The van der Waals surface area contributed by atoms with E-state index in [1.807, 2.05) is 17.1 Å². The monoisotopic (exact) mass is 573 g/mol. The topological polar surface area (TPSA) is 87.7 Å². The number of halogens is 2. The Hall–Kier alpha value is -2.09. The van der Waals surface area contributed by atoms with E-state index in [2.05, 4.69) is 24.5 Å². The van der Waals surface area contributed by atoms with E-state index in [9.17, 15) is 14.4 Å². The van der Waals surface area contributed by atoms with Crippen LogP contribution in [0.1, 0.15) is 65.2 Å². The van der Waals surface area contributed by atoms with Gasteiger partial charge >= 0.3 is 0 Å². The fraction of sp³-hybridized carbons (Fsp3) is 0.633. The molecule has 1 aromatic carbocycles. The highest BCUT2D eigenvalue weighted by Crippen LogP contribution is 2.57. The van der Waals surface area contributed by atoms with Gasteiger partial charge in [-0.1, -0.05) is 81.3 Å². The first kappa shape index (κ1) is 27.1. The van der Waals surface area contributed by atoms with E-state index >= 15 is 0 Å². The first-order valence-electron chi connectivity index (χ1n) is 14.5. The minimum Gasteiger partial charge on any atom is -0.359 e. The largest absolute Gasteiger partial charge is 0.359 e. The van der Waals surface area contributed by atoms with Crippen molar-refractivity contribution in [1.29, 1.82) is 0 Å². The Kier molecular flexibility index (Phi) is 7.22. The van der Waals surface area contributed by atoms with E-state index in [-0.39, 0.29) is 35.7 Å². The van der Waals surface area contributed by atoms with E-state index in [0.717, 1.165) is 44.9 Å². The first-order valence-corrected chi connectivity index (χ1v) is 15.2. The van der Waals surface area contributed by atoms with Gasteiger partial charge in [-0.2, -0.15) is 0 Å². The summed E-state index contributed by atoms with van der Waals surface area (Å²) < 4.78 is 6.53. The highest BCUT2D eigenvalue weighted by atomic mass is 35.5. The van der Waals surface area contributed by atoms with Crippen molar-refractivity contribution in [3.63, 3.8) is 0 Å². The second-order valence-corrected chi connectivity index (χ2v) is 13.1. The molecule has 6 rings (SSSR count). The molecule has 2 bridgehead atoms. The normalized spacial score (nSPS) is 37.7. The lowest BCUT2D eigenvalue weighted by atomic mass is 9.74. The predicted octanol–water partition coefficient (Wildman–Crippen LogP) is 5.36. The summed E-state index contributed by atoms with van der Waals surface area (Å²) in [5.41, 5.74) is -0.653. The number of ether oxygens (including phenoxy) is 1. The summed E-state index contributed by atoms with van der Waals surface area (Å²) in [6.45, 7) is 4.41. The van der Waals surface area contributed by atoms with Gasteiger partial charge in [0, 0.05) is 17.8 Å². The molecule has 8 atom stereocenters. The highest BCUT2D eigenvalue weighted by molar-refractivity contribution is 6.42. The molecule has 2 saturated heterocycles. The quantitative estimate of drug-likeness (QED) is 0.464. The number of nitrogens with zero attached hydrogens (tertiary/aromatic N) is 1. The molecule has 2 N–H and O–H groups in total. The van der Waals surface area contributed by atoms with Crippen molar-refractivity contribution >= 4 is 46.6 Å². The third-order valence-electron chi connectivity index (χ3n) is 10.0. The Morgan fingerprint density at radius 2 is 1.77 bits per heavy atom. The molecule has 3 amide bonds. The number of benzene rings is 1. The molecule has 0 radical (unpaired) electrons. The molecule has 39 heavy (non-hydrogen) atoms. The van der Waals surface area contributed by atoms with Crippen LogP contribution in [-0.2, 0) is 19.1 Å². The molecule has 3 heterocycles. The lowest BCUT2D eigenvalue weighted by molar-refractivity contribution is -0.146. The molecular weight excluding hydrogens is 537 g/mol. The van der Waals surface area contributed by atoms with Crippen molar-refractivity contribution in [1.82, 2.24) is 10.2 Å². The minimum absolute atomic E-state index is 0.0711. The molecule has 9 heteroatoms. The van der Waals surface area contributed by atoms with Gasteiger partial charge in [-0.3, -0.25) is 14.4 Å². The third-order valence-corrected chi connectivity index (χ3v) is 10.8. The maximum atomic E-state index is 14.4. The Balaban J connectivity index is 1.34. The van der Waals surface area contributed by atoms with Crippen LogP contribution in [0.15, 0.2) is 30.4 Å². The van der Waals surface area contributed by atoms with Gasteiger partial charge in [-0.05, 0) is 49.3 Å². The number of rotatable bonds is 5. The van der Waals surface area contributed by atoms with E-state index in [0.29, 0.717) is 21.7 Å². The Bertz CT molecular complexity index is 1200. The lowest BCUT2D eigenvalue weighted by Crippen LogP contribution is -2.60. The van der Waals surface area contributed by atoms with Crippen molar-refractivity contribution in [2.75, 3.05) is 5.32 Å². The molecule has 0 aromatic heterocycles. The summed E-state index contributed by atoms with van der Waals surface area (Å²) >= 11 is 12.2. The average Bonchev–Trinajstić information content (AvgIpc) is 3.56. The van der Waals surface area contributed by atoms with Crippen molar-refractivity contribution in [2.24, 2.45) is 23.7 Å². The van der Waals surface area contributed by atoms with Crippen LogP contribution in [0.5, 0.6) is 0 Å². The standard InChI is InChI=1S/C30H37Cl2N3O4/c1-16-7-6-10-22(17(16)2)35-26(28(37)33-18-8-4-3-5-9-18)30-14-13-23(39-30)24(25(30)29(35)38)27(36)34-19-11-12-20(31)21(32)15-19/h11-18,22-26H,3-10H2,1-2H3,(H,33,37)(H,34,36)/t16-,17+,22+,23+,24-,25+,26+,30+/m1/s1. The Morgan fingerprint density at radius 3 is 2.51 bits per heavy atom. The number of hydrogen-bond acceptors (Lipinski definition) is 4. The van der Waals surface area contributed by atoms with Gasteiger partial charge in [0.15, 0.2) is 0 Å². The fourth-order valence-electron chi connectivity index (χ4n) is 7.84. The second kappa shape index (κ2) is 10.4. The Labute approximate surface area is 240 Å². The van der Waals surface area contributed by atoms with Gasteiger partial charge in [-0.25, -0.2) is 0 Å². The summed E-state index contributed by atoms with van der Waals surface area (Å²) in [5, 5.41) is 6.93. The molecule has 3 aliphatic heterocycles. The van der Waals surface area contributed by atoms with Crippen molar-refractivity contribution in [3.8, 4) is 0 Å². The maximum Gasteiger partial charge on any atom is 0.246 e. The maximum absolute atomic E-state index is 14.4. The van der Waals surface area contributed by atoms with Gasteiger partial charge in [0.2, 0.25) is 17.7 Å². The molecule has 2 saturated carbocycles. The van der Waals surface area contributed by atoms with Crippen molar-refractivity contribution < 1.29 is 19.1 Å². The Morgan fingerprint density at radius 1 is 1.00 bits per heavy atom. The molecular formula is C30H37Cl2N3O4. The zero-order chi connectivity index (χ0) is 27.5. The molecule has 4 fully saturated rings. The summed E-state index contributed by atoms with van der Waals surface area (Å²) in [6, 6.07) is 4.14. The summed E-state index contributed by atoms with van der Waals surface area (Å²) in [7, 11) is 0. The van der Waals surface area contributed by atoms with Crippen LogP contribution in [0, 0.1) is 23.7 Å². The zero-order valence-corrected chi connectivity index (χ0v) is 24.0. The molecule has 0 unspecified atom stereocenters. The molecule has 2 aliphatic carbocycles. The molecule has 5 aliphatic rings. The zero-order valence-electron chi connectivity index (χ0n) is 22.5. The number of carbonyl (C=O) groups is 3. The summed E-state index contributed by atoms with van der Waals surface area (Å²) in [5.74, 6) is -1.44. The third kappa shape index (κ3) is 4.49.